The standard InChI is InChI=1S/C17H18FNO2S/c1-12-6-7-14(16(20)10-12)17(21)19-8-9-22-11-13-4-2-3-5-15(13)18/h2-7,10,20H,8-9,11H2,1H3,(H,19,21). The molecule has 2 N–H and O–H groups in total. The maximum absolute atomic E-state index is 13.4. The fourth-order valence-electron chi connectivity index (χ4n) is 1.96. The SMILES string of the molecule is Cc1ccc(C(=O)NCCSCc2ccccc2F)c(O)c1. The van der Waals surface area contributed by atoms with Crippen molar-refractivity contribution >= 4 is 17.7 Å². The van der Waals surface area contributed by atoms with E-state index in [-0.39, 0.29) is 23.0 Å². The third kappa shape index (κ3) is 4.49. The quantitative estimate of drug-likeness (QED) is 0.801. The average Bonchev–Trinajstić information content (AvgIpc) is 2.48. The van der Waals surface area contributed by atoms with Crippen LogP contribution in [0.2, 0.25) is 0 Å². The fraction of sp³-hybridized carbons (Fsp3) is 0.235. The van der Waals surface area contributed by atoms with Crippen molar-refractivity contribution in [2.45, 2.75) is 12.7 Å². The summed E-state index contributed by atoms with van der Waals surface area (Å²) >= 11 is 1.55. The highest BCUT2D eigenvalue weighted by molar-refractivity contribution is 7.98. The van der Waals surface area contributed by atoms with Crippen LogP contribution >= 0.6 is 11.8 Å². The summed E-state index contributed by atoms with van der Waals surface area (Å²) in [4.78, 5) is 11.9. The predicted octanol–water partition coefficient (Wildman–Crippen LogP) is 3.50. The zero-order valence-electron chi connectivity index (χ0n) is 12.3. The lowest BCUT2D eigenvalue weighted by atomic mass is 10.1. The van der Waals surface area contributed by atoms with Crippen LogP contribution < -0.4 is 5.32 Å². The smallest absolute Gasteiger partial charge is 0.255 e. The van der Waals surface area contributed by atoms with E-state index in [1.807, 2.05) is 6.92 Å². The van der Waals surface area contributed by atoms with Crippen molar-refractivity contribution in [2.75, 3.05) is 12.3 Å². The molecule has 2 rings (SSSR count). The molecular weight excluding hydrogens is 301 g/mol. The van der Waals surface area contributed by atoms with Gasteiger partial charge in [-0.15, -0.1) is 0 Å². The Hall–Kier alpha value is -2.01. The molecule has 0 aromatic heterocycles. The van der Waals surface area contributed by atoms with Gasteiger partial charge in [-0.05, 0) is 36.2 Å². The first-order chi connectivity index (χ1) is 10.6. The maximum Gasteiger partial charge on any atom is 0.255 e. The molecule has 0 aliphatic rings. The number of phenols is 1. The van der Waals surface area contributed by atoms with Crippen molar-refractivity contribution in [2.24, 2.45) is 0 Å². The number of amides is 1. The van der Waals surface area contributed by atoms with E-state index in [4.69, 9.17) is 0 Å². The molecule has 2 aromatic rings. The maximum atomic E-state index is 13.4. The van der Waals surface area contributed by atoms with Crippen LogP contribution in [0.5, 0.6) is 5.75 Å². The number of carbonyl (C=O) groups excluding carboxylic acids is 1. The number of benzene rings is 2. The lowest BCUT2D eigenvalue weighted by Gasteiger charge is -2.07. The molecular formula is C17H18FNO2S. The molecule has 0 saturated heterocycles. The molecule has 0 spiro atoms. The molecule has 0 aliphatic heterocycles. The van der Waals surface area contributed by atoms with Gasteiger partial charge in [-0.25, -0.2) is 4.39 Å². The zero-order chi connectivity index (χ0) is 15.9. The first-order valence-corrected chi connectivity index (χ1v) is 8.12. The molecule has 0 atom stereocenters. The number of hydrogen-bond donors (Lipinski definition) is 2. The van der Waals surface area contributed by atoms with E-state index in [1.54, 1.807) is 48.2 Å². The van der Waals surface area contributed by atoms with Gasteiger partial charge < -0.3 is 10.4 Å². The van der Waals surface area contributed by atoms with Gasteiger partial charge in [-0.3, -0.25) is 4.79 Å². The van der Waals surface area contributed by atoms with Gasteiger partial charge in [0.2, 0.25) is 0 Å². The van der Waals surface area contributed by atoms with Gasteiger partial charge in [0.1, 0.15) is 11.6 Å². The highest BCUT2D eigenvalue weighted by atomic mass is 32.2. The number of thioether (sulfide) groups is 1. The van der Waals surface area contributed by atoms with Crippen LogP contribution in [-0.2, 0) is 5.75 Å². The molecule has 1 amide bonds. The third-order valence-corrected chi connectivity index (χ3v) is 4.15. The number of hydrogen-bond acceptors (Lipinski definition) is 3. The van der Waals surface area contributed by atoms with Crippen LogP contribution in [0.15, 0.2) is 42.5 Å². The van der Waals surface area contributed by atoms with Crippen molar-refractivity contribution in [3.05, 3.63) is 65.0 Å². The molecule has 2 aromatic carbocycles. The van der Waals surface area contributed by atoms with Gasteiger partial charge in [0, 0.05) is 18.1 Å². The Labute approximate surface area is 133 Å². The van der Waals surface area contributed by atoms with E-state index in [0.717, 1.165) is 5.56 Å². The zero-order valence-corrected chi connectivity index (χ0v) is 13.1. The van der Waals surface area contributed by atoms with Gasteiger partial charge >= 0.3 is 0 Å². The number of phenolic OH excluding ortho intramolecular Hbond substituents is 1. The summed E-state index contributed by atoms with van der Waals surface area (Å²) in [6, 6.07) is 11.6. The topological polar surface area (TPSA) is 49.3 Å². The lowest BCUT2D eigenvalue weighted by molar-refractivity contribution is 0.0953. The van der Waals surface area contributed by atoms with Crippen LogP contribution in [0.1, 0.15) is 21.5 Å². The number of rotatable bonds is 6. The van der Waals surface area contributed by atoms with E-state index >= 15 is 0 Å². The van der Waals surface area contributed by atoms with Crippen LogP contribution in [0.4, 0.5) is 4.39 Å². The van der Waals surface area contributed by atoms with Gasteiger partial charge in [0.05, 0.1) is 5.56 Å². The summed E-state index contributed by atoms with van der Waals surface area (Å²) in [5, 5.41) is 12.5. The Morgan fingerprint density at radius 3 is 2.77 bits per heavy atom. The Bertz CT molecular complexity index is 661. The number of aryl methyl sites for hydroxylation is 1. The second-order valence-electron chi connectivity index (χ2n) is 4.92. The molecule has 3 nitrogen and oxygen atoms in total. The summed E-state index contributed by atoms with van der Waals surface area (Å²) in [5.74, 6) is 0.717. The monoisotopic (exact) mass is 319 g/mol. The number of carbonyl (C=O) groups is 1. The van der Waals surface area contributed by atoms with E-state index in [1.165, 1.54) is 6.07 Å². The van der Waals surface area contributed by atoms with Crippen molar-refractivity contribution in [1.29, 1.82) is 0 Å². The first kappa shape index (κ1) is 16.4. The number of nitrogens with one attached hydrogen (secondary N) is 1. The highest BCUT2D eigenvalue weighted by Crippen LogP contribution is 2.18. The normalized spacial score (nSPS) is 10.5. The summed E-state index contributed by atoms with van der Waals surface area (Å²) < 4.78 is 13.4. The summed E-state index contributed by atoms with van der Waals surface area (Å²) in [7, 11) is 0. The summed E-state index contributed by atoms with van der Waals surface area (Å²) in [5.41, 5.74) is 1.83. The van der Waals surface area contributed by atoms with Crippen LogP contribution in [0, 0.1) is 12.7 Å². The molecule has 0 saturated carbocycles. The molecule has 5 heteroatoms. The van der Waals surface area contributed by atoms with E-state index in [9.17, 15) is 14.3 Å². The molecule has 0 fully saturated rings. The minimum atomic E-state index is -0.302. The van der Waals surface area contributed by atoms with Crippen LogP contribution in [-0.4, -0.2) is 23.3 Å². The minimum absolute atomic E-state index is 0.0171. The number of halogens is 1. The molecule has 0 bridgehead atoms. The molecule has 0 heterocycles. The third-order valence-electron chi connectivity index (χ3n) is 3.15. The van der Waals surface area contributed by atoms with Gasteiger partial charge in [0.15, 0.2) is 0 Å². The lowest BCUT2D eigenvalue weighted by Crippen LogP contribution is -2.25. The van der Waals surface area contributed by atoms with Crippen molar-refractivity contribution in [1.82, 2.24) is 5.32 Å². The Balaban J connectivity index is 1.75. The Morgan fingerprint density at radius 1 is 1.27 bits per heavy atom. The van der Waals surface area contributed by atoms with Crippen LogP contribution in [0.25, 0.3) is 0 Å². The van der Waals surface area contributed by atoms with E-state index in [0.29, 0.717) is 23.6 Å². The average molecular weight is 319 g/mol. The van der Waals surface area contributed by atoms with Crippen molar-refractivity contribution in [3.63, 3.8) is 0 Å². The number of aromatic hydroxyl groups is 1. The van der Waals surface area contributed by atoms with Gasteiger partial charge in [-0.1, -0.05) is 24.3 Å². The second kappa shape index (κ2) is 7.84. The molecule has 0 radical (unpaired) electrons. The van der Waals surface area contributed by atoms with E-state index < -0.39 is 0 Å². The largest absolute Gasteiger partial charge is 0.507 e. The highest BCUT2D eigenvalue weighted by Gasteiger charge is 2.10. The molecule has 22 heavy (non-hydrogen) atoms. The molecule has 116 valence electrons. The predicted molar refractivity (Wildman–Crippen MR) is 87.7 cm³/mol. The van der Waals surface area contributed by atoms with Gasteiger partial charge in [-0.2, -0.15) is 11.8 Å². The fourth-order valence-corrected chi connectivity index (χ4v) is 2.81. The second-order valence-corrected chi connectivity index (χ2v) is 6.03. The molecule has 0 unspecified atom stereocenters. The van der Waals surface area contributed by atoms with Crippen molar-refractivity contribution in [3.8, 4) is 5.75 Å². The first-order valence-electron chi connectivity index (χ1n) is 6.97. The summed E-state index contributed by atoms with van der Waals surface area (Å²) in [6.07, 6.45) is 0. The summed E-state index contributed by atoms with van der Waals surface area (Å²) in [6.45, 7) is 2.31. The minimum Gasteiger partial charge on any atom is -0.507 e. The molecule has 0 aliphatic carbocycles. The Kier molecular flexibility index (Phi) is 5.83. The Morgan fingerprint density at radius 2 is 2.05 bits per heavy atom. The van der Waals surface area contributed by atoms with Gasteiger partial charge in [0.25, 0.3) is 5.91 Å². The van der Waals surface area contributed by atoms with Crippen molar-refractivity contribution < 1.29 is 14.3 Å². The van der Waals surface area contributed by atoms with Crippen LogP contribution in [0.3, 0.4) is 0 Å². The van der Waals surface area contributed by atoms with E-state index in [2.05, 4.69) is 5.32 Å².